The Labute approximate surface area is 157 Å². The second kappa shape index (κ2) is 8.25. The lowest BCUT2D eigenvalue weighted by molar-refractivity contribution is -0.274. The Kier molecular flexibility index (Phi) is 5.58. The number of urea groups is 1. The summed E-state index contributed by atoms with van der Waals surface area (Å²) < 4.78 is 45.6. The fourth-order valence-electron chi connectivity index (χ4n) is 2.06. The van der Waals surface area contributed by atoms with Crippen LogP contribution >= 0.6 is 0 Å². The number of benzene rings is 2. The van der Waals surface area contributed by atoms with E-state index < -0.39 is 12.4 Å². The van der Waals surface area contributed by atoms with E-state index in [1.165, 1.54) is 24.5 Å². The van der Waals surface area contributed by atoms with Crippen molar-refractivity contribution >= 4 is 17.4 Å². The van der Waals surface area contributed by atoms with Gasteiger partial charge in [-0.2, -0.15) is 0 Å². The van der Waals surface area contributed by atoms with E-state index in [-0.39, 0.29) is 17.4 Å². The highest BCUT2D eigenvalue weighted by Crippen LogP contribution is 2.24. The summed E-state index contributed by atoms with van der Waals surface area (Å²) in [6, 6.07) is 13.1. The summed E-state index contributed by atoms with van der Waals surface area (Å²) in [6.45, 7) is 0. The Morgan fingerprint density at radius 2 is 1.43 bits per heavy atom. The molecule has 2 amide bonds. The number of nitrogens with zero attached hydrogens (tertiary/aromatic N) is 2. The number of aromatic nitrogens is 2. The van der Waals surface area contributed by atoms with Crippen LogP contribution in [0.3, 0.4) is 0 Å². The van der Waals surface area contributed by atoms with Crippen LogP contribution in [0.2, 0.25) is 0 Å². The molecule has 144 valence electrons. The van der Waals surface area contributed by atoms with E-state index in [9.17, 15) is 18.0 Å². The van der Waals surface area contributed by atoms with Crippen LogP contribution in [0.25, 0.3) is 0 Å². The second-order valence-corrected chi connectivity index (χ2v) is 5.32. The molecule has 3 aromatic rings. The third-order valence-corrected chi connectivity index (χ3v) is 3.18. The number of ether oxygens (including phenoxy) is 2. The molecule has 10 heteroatoms. The Morgan fingerprint density at radius 1 is 0.821 bits per heavy atom. The van der Waals surface area contributed by atoms with Gasteiger partial charge in [-0.15, -0.1) is 13.2 Å². The molecule has 1 heterocycles. The Bertz CT molecular complexity index is 918. The lowest BCUT2D eigenvalue weighted by atomic mass is 10.3. The number of para-hydroxylation sites is 1. The Morgan fingerprint density at radius 3 is 2.04 bits per heavy atom. The van der Waals surface area contributed by atoms with Gasteiger partial charge < -0.3 is 20.1 Å². The van der Waals surface area contributed by atoms with Crippen LogP contribution in [-0.4, -0.2) is 22.4 Å². The van der Waals surface area contributed by atoms with Crippen molar-refractivity contribution in [2.45, 2.75) is 6.36 Å². The summed E-state index contributed by atoms with van der Waals surface area (Å²) >= 11 is 0. The molecule has 0 aliphatic carbocycles. The monoisotopic (exact) mass is 390 g/mol. The molecule has 0 bridgehead atoms. The van der Waals surface area contributed by atoms with Gasteiger partial charge in [0.25, 0.3) is 0 Å². The third kappa shape index (κ3) is 5.87. The number of halogens is 3. The molecule has 7 nitrogen and oxygen atoms in total. The highest BCUT2D eigenvalue weighted by atomic mass is 19.4. The van der Waals surface area contributed by atoms with Crippen molar-refractivity contribution in [3.8, 4) is 17.5 Å². The first-order valence-corrected chi connectivity index (χ1v) is 7.86. The lowest BCUT2D eigenvalue weighted by Gasteiger charge is -2.10. The number of hydrogen-bond donors (Lipinski definition) is 2. The van der Waals surface area contributed by atoms with Crippen LogP contribution in [0.4, 0.5) is 29.3 Å². The fraction of sp³-hybridized carbons (Fsp3) is 0.0556. The van der Waals surface area contributed by atoms with E-state index >= 15 is 0 Å². The number of alkyl halides is 3. The Hall–Kier alpha value is -3.82. The van der Waals surface area contributed by atoms with Crippen LogP contribution in [0.5, 0.6) is 17.5 Å². The lowest BCUT2D eigenvalue weighted by Crippen LogP contribution is -2.20. The molecule has 0 atom stereocenters. The van der Waals surface area contributed by atoms with Gasteiger partial charge in [0, 0.05) is 5.69 Å². The van der Waals surface area contributed by atoms with E-state index in [0.29, 0.717) is 11.4 Å². The van der Waals surface area contributed by atoms with Crippen LogP contribution in [0, 0.1) is 0 Å². The van der Waals surface area contributed by atoms with Crippen molar-refractivity contribution in [3.63, 3.8) is 0 Å². The molecule has 0 radical (unpaired) electrons. The van der Waals surface area contributed by atoms with Gasteiger partial charge in [0.15, 0.2) is 0 Å². The minimum Gasteiger partial charge on any atom is -0.424 e. The first kappa shape index (κ1) is 19.0. The summed E-state index contributed by atoms with van der Waals surface area (Å²) in [7, 11) is 0. The van der Waals surface area contributed by atoms with Crippen molar-refractivity contribution in [3.05, 3.63) is 67.0 Å². The largest absolute Gasteiger partial charge is 0.573 e. The van der Waals surface area contributed by atoms with Crippen LogP contribution in [0.1, 0.15) is 0 Å². The fourth-order valence-corrected chi connectivity index (χ4v) is 2.06. The molecule has 0 saturated heterocycles. The summed E-state index contributed by atoms with van der Waals surface area (Å²) in [4.78, 5) is 19.9. The molecule has 0 unspecified atom stereocenters. The molecule has 2 N–H and O–H groups in total. The zero-order chi connectivity index (χ0) is 20.0. The van der Waals surface area contributed by atoms with Crippen molar-refractivity contribution in [2.75, 3.05) is 10.6 Å². The second-order valence-electron chi connectivity index (χ2n) is 5.32. The maximum absolute atomic E-state index is 12.1. The molecule has 0 aliphatic heterocycles. The summed E-state index contributed by atoms with van der Waals surface area (Å²) in [5.41, 5.74) is 0.576. The predicted octanol–water partition coefficient (Wildman–Crippen LogP) is 4.81. The predicted molar refractivity (Wildman–Crippen MR) is 94.3 cm³/mol. The molecule has 0 spiro atoms. The highest BCUT2D eigenvalue weighted by molar-refractivity contribution is 5.99. The minimum absolute atomic E-state index is 0.109. The van der Waals surface area contributed by atoms with Gasteiger partial charge >= 0.3 is 18.4 Å². The van der Waals surface area contributed by atoms with Gasteiger partial charge in [-0.05, 0) is 36.4 Å². The first-order valence-electron chi connectivity index (χ1n) is 7.86. The molecule has 0 fully saturated rings. The van der Waals surface area contributed by atoms with Crippen molar-refractivity contribution in [1.82, 2.24) is 9.97 Å². The van der Waals surface area contributed by atoms with E-state index in [1.54, 1.807) is 24.3 Å². The van der Waals surface area contributed by atoms with E-state index in [0.717, 1.165) is 12.1 Å². The number of carbonyl (C=O) groups excluding carboxylic acids is 1. The number of rotatable bonds is 5. The van der Waals surface area contributed by atoms with Crippen LogP contribution in [-0.2, 0) is 0 Å². The molecular formula is C18H13F3N4O3. The van der Waals surface area contributed by atoms with E-state index in [1.807, 2.05) is 6.07 Å². The standard InChI is InChI=1S/C18H13F3N4O3/c19-18(20,21)28-15-8-6-12(7-9-15)24-16(26)25-13-10-22-17(23-11-13)27-14-4-2-1-3-5-14/h1-11H,(H2,24,25,26). The minimum atomic E-state index is -4.78. The zero-order valence-electron chi connectivity index (χ0n) is 14.1. The first-order chi connectivity index (χ1) is 13.4. The van der Waals surface area contributed by atoms with Gasteiger partial charge in [0.05, 0.1) is 18.1 Å². The average molecular weight is 390 g/mol. The molecule has 2 aromatic carbocycles. The molecule has 0 saturated carbocycles. The number of amides is 2. The Balaban J connectivity index is 1.53. The summed E-state index contributed by atoms with van der Waals surface area (Å²) in [6.07, 6.45) is -2.07. The zero-order valence-corrected chi connectivity index (χ0v) is 14.1. The van der Waals surface area contributed by atoms with Gasteiger partial charge in [0.2, 0.25) is 0 Å². The van der Waals surface area contributed by atoms with Crippen LogP contribution in [0.15, 0.2) is 67.0 Å². The SMILES string of the molecule is O=C(Nc1ccc(OC(F)(F)F)cc1)Nc1cnc(Oc2ccccc2)nc1. The molecule has 28 heavy (non-hydrogen) atoms. The van der Waals surface area contributed by atoms with E-state index in [2.05, 4.69) is 25.3 Å². The molecule has 1 aromatic heterocycles. The smallest absolute Gasteiger partial charge is 0.424 e. The number of hydrogen-bond acceptors (Lipinski definition) is 5. The van der Waals surface area contributed by atoms with Gasteiger partial charge in [-0.3, -0.25) is 0 Å². The maximum atomic E-state index is 12.1. The van der Waals surface area contributed by atoms with E-state index in [4.69, 9.17) is 4.74 Å². The average Bonchev–Trinajstić information content (AvgIpc) is 2.65. The van der Waals surface area contributed by atoms with Crippen molar-refractivity contribution in [1.29, 1.82) is 0 Å². The van der Waals surface area contributed by atoms with Gasteiger partial charge in [-0.25, -0.2) is 14.8 Å². The topological polar surface area (TPSA) is 85.4 Å². The maximum Gasteiger partial charge on any atom is 0.573 e. The molecular weight excluding hydrogens is 377 g/mol. The van der Waals surface area contributed by atoms with Crippen molar-refractivity contribution < 1.29 is 27.4 Å². The van der Waals surface area contributed by atoms with Gasteiger partial charge in [0.1, 0.15) is 11.5 Å². The quantitative estimate of drug-likeness (QED) is 0.653. The number of anilines is 2. The normalized spacial score (nSPS) is 10.8. The molecule has 3 rings (SSSR count). The number of nitrogens with one attached hydrogen (secondary N) is 2. The van der Waals surface area contributed by atoms with Crippen LogP contribution < -0.4 is 20.1 Å². The number of carbonyl (C=O) groups is 1. The third-order valence-electron chi connectivity index (χ3n) is 3.18. The van der Waals surface area contributed by atoms with Gasteiger partial charge in [-0.1, -0.05) is 18.2 Å². The molecule has 0 aliphatic rings. The highest BCUT2D eigenvalue weighted by Gasteiger charge is 2.30. The van der Waals surface area contributed by atoms with Crippen molar-refractivity contribution in [2.24, 2.45) is 0 Å². The summed E-state index contributed by atoms with van der Waals surface area (Å²) in [5, 5.41) is 4.95. The summed E-state index contributed by atoms with van der Waals surface area (Å²) in [5.74, 6) is 0.180.